The summed E-state index contributed by atoms with van der Waals surface area (Å²) >= 11 is 1.00. The molecule has 66 valence electrons. The molecular formula is C7H12F2OS. The van der Waals surface area contributed by atoms with Gasteiger partial charge in [0.2, 0.25) is 5.92 Å². The Kier molecular flexibility index (Phi) is 4.65. The molecule has 0 bridgehead atoms. The highest BCUT2D eigenvalue weighted by Gasteiger charge is 2.26. The van der Waals surface area contributed by atoms with E-state index in [-0.39, 0.29) is 24.4 Å². The fourth-order valence-corrected chi connectivity index (χ4v) is 0.870. The molecule has 0 aromatic rings. The van der Waals surface area contributed by atoms with Gasteiger partial charge in [-0.3, -0.25) is 4.79 Å². The Hall–Kier alpha value is -0.120. The lowest BCUT2D eigenvalue weighted by Crippen LogP contribution is -2.15. The number of hydrogen-bond donors (Lipinski definition) is 0. The van der Waals surface area contributed by atoms with Crippen molar-refractivity contribution in [2.75, 3.05) is 6.26 Å². The Morgan fingerprint density at radius 3 is 2.45 bits per heavy atom. The lowest BCUT2D eigenvalue weighted by atomic mass is 10.1. The highest BCUT2D eigenvalue weighted by molar-refractivity contribution is 8.13. The predicted octanol–water partition coefficient (Wildman–Crippen LogP) is 2.70. The Morgan fingerprint density at radius 1 is 1.55 bits per heavy atom. The molecule has 0 aliphatic heterocycles. The summed E-state index contributed by atoms with van der Waals surface area (Å²) in [6.07, 6.45) is 1.08. The van der Waals surface area contributed by atoms with Crippen molar-refractivity contribution in [2.45, 2.75) is 32.1 Å². The molecule has 0 atom stereocenters. The third kappa shape index (κ3) is 5.18. The first-order valence-electron chi connectivity index (χ1n) is 3.46. The van der Waals surface area contributed by atoms with E-state index >= 15 is 0 Å². The van der Waals surface area contributed by atoms with Crippen LogP contribution in [-0.4, -0.2) is 17.3 Å². The number of thioether (sulfide) groups is 1. The second kappa shape index (κ2) is 4.70. The van der Waals surface area contributed by atoms with Gasteiger partial charge in [-0.1, -0.05) is 18.7 Å². The summed E-state index contributed by atoms with van der Waals surface area (Å²) < 4.78 is 25.0. The Labute approximate surface area is 69.5 Å². The van der Waals surface area contributed by atoms with Crippen molar-refractivity contribution < 1.29 is 13.6 Å². The van der Waals surface area contributed by atoms with E-state index in [2.05, 4.69) is 0 Å². The molecule has 0 rings (SSSR count). The Bertz CT molecular complexity index is 136. The zero-order chi connectivity index (χ0) is 8.91. The third-order valence-corrected chi connectivity index (χ3v) is 2.10. The van der Waals surface area contributed by atoms with Crippen LogP contribution in [0.15, 0.2) is 0 Å². The van der Waals surface area contributed by atoms with Crippen molar-refractivity contribution in [2.24, 2.45) is 0 Å². The van der Waals surface area contributed by atoms with Gasteiger partial charge < -0.3 is 0 Å². The first-order chi connectivity index (χ1) is 5.02. The van der Waals surface area contributed by atoms with Crippen molar-refractivity contribution >= 4 is 16.9 Å². The van der Waals surface area contributed by atoms with Crippen LogP contribution >= 0.6 is 11.8 Å². The van der Waals surface area contributed by atoms with Crippen LogP contribution in [0.4, 0.5) is 8.78 Å². The fraction of sp³-hybridized carbons (Fsp3) is 0.857. The zero-order valence-electron chi connectivity index (χ0n) is 6.69. The van der Waals surface area contributed by atoms with Gasteiger partial charge in [-0.25, -0.2) is 8.78 Å². The fourth-order valence-electron chi connectivity index (χ4n) is 0.564. The summed E-state index contributed by atoms with van der Waals surface area (Å²) in [5.41, 5.74) is 0. The van der Waals surface area contributed by atoms with E-state index in [0.29, 0.717) is 0 Å². The van der Waals surface area contributed by atoms with E-state index < -0.39 is 5.92 Å². The molecule has 0 amide bonds. The van der Waals surface area contributed by atoms with Crippen molar-refractivity contribution in [1.29, 1.82) is 0 Å². The second-order valence-electron chi connectivity index (χ2n) is 2.29. The van der Waals surface area contributed by atoms with E-state index in [9.17, 15) is 13.6 Å². The maximum Gasteiger partial charge on any atom is 0.248 e. The van der Waals surface area contributed by atoms with Crippen LogP contribution in [0, 0.1) is 0 Å². The number of rotatable bonds is 4. The molecule has 0 N–H and O–H groups in total. The average Bonchev–Trinajstić information content (AvgIpc) is 2.00. The molecule has 0 unspecified atom stereocenters. The molecule has 0 saturated carbocycles. The number of halogens is 2. The molecule has 4 heteroatoms. The third-order valence-electron chi connectivity index (χ3n) is 1.44. The molecule has 0 aromatic heterocycles. The maximum atomic E-state index is 12.5. The molecule has 0 aliphatic carbocycles. The number of hydrogen-bond acceptors (Lipinski definition) is 2. The summed E-state index contributed by atoms with van der Waals surface area (Å²) in [6, 6.07) is 0. The molecule has 0 heterocycles. The zero-order valence-corrected chi connectivity index (χ0v) is 7.51. The summed E-state index contributed by atoms with van der Waals surface area (Å²) in [5, 5.41) is -0.168. The number of carbonyl (C=O) groups is 1. The van der Waals surface area contributed by atoms with E-state index in [0.717, 1.165) is 11.8 Å². The minimum absolute atomic E-state index is 0.0258. The van der Waals surface area contributed by atoms with Gasteiger partial charge in [0.1, 0.15) is 0 Å². The maximum absolute atomic E-state index is 12.5. The minimum atomic E-state index is -2.66. The van der Waals surface area contributed by atoms with E-state index in [1.165, 1.54) is 6.92 Å². The van der Waals surface area contributed by atoms with Gasteiger partial charge in [-0.2, -0.15) is 0 Å². The Balaban J connectivity index is 3.61. The number of alkyl halides is 2. The number of carbonyl (C=O) groups excluding carboxylic acids is 1. The standard InChI is InChI=1S/C7H12F2OS/c1-3-7(8,9)5-4-6(10)11-2/h3-5H2,1-2H3. The first kappa shape index (κ1) is 10.9. The van der Waals surface area contributed by atoms with Gasteiger partial charge in [0.25, 0.3) is 0 Å². The van der Waals surface area contributed by atoms with Gasteiger partial charge in [0, 0.05) is 19.3 Å². The molecule has 0 fully saturated rings. The highest BCUT2D eigenvalue weighted by Crippen LogP contribution is 2.24. The summed E-state index contributed by atoms with van der Waals surface area (Å²) in [4.78, 5) is 10.6. The van der Waals surface area contributed by atoms with Crippen molar-refractivity contribution in [3.8, 4) is 0 Å². The second-order valence-corrected chi connectivity index (χ2v) is 3.15. The van der Waals surface area contributed by atoms with Crippen LogP contribution in [-0.2, 0) is 4.79 Å². The van der Waals surface area contributed by atoms with E-state index in [1.807, 2.05) is 0 Å². The quantitative estimate of drug-likeness (QED) is 0.665. The molecule has 0 aromatic carbocycles. The van der Waals surface area contributed by atoms with E-state index in [4.69, 9.17) is 0 Å². The lowest BCUT2D eigenvalue weighted by Gasteiger charge is -2.11. The van der Waals surface area contributed by atoms with Crippen LogP contribution in [0.1, 0.15) is 26.2 Å². The van der Waals surface area contributed by atoms with Gasteiger partial charge in [-0.05, 0) is 6.26 Å². The van der Waals surface area contributed by atoms with Gasteiger partial charge in [0.05, 0.1) is 0 Å². The Morgan fingerprint density at radius 2 is 2.09 bits per heavy atom. The van der Waals surface area contributed by atoms with Crippen LogP contribution < -0.4 is 0 Å². The highest BCUT2D eigenvalue weighted by atomic mass is 32.2. The summed E-state index contributed by atoms with van der Waals surface area (Å²) in [5.74, 6) is -2.66. The van der Waals surface area contributed by atoms with Crippen LogP contribution in [0.3, 0.4) is 0 Å². The molecule has 0 spiro atoms. The SMILES string of the molecule is CCC(F)(F)CCC(=O)SC. The largest absolute Gasteiger partial charge is 0.287 e. The summed E-state index contributed by atoms with van der Waals surface area (Å²) in [7, 11) is 0. The van der Waals surface area contributed by atoms with Gasteiger partial charge >= 0.3 is 0 Å². The monoisotopic (exact) mass is 182 g/mol. The van der Waals surface area contributed by atoms with Crippen molar-refractivity contribution in [3.05, 3.63) is 0 Å². The topological polar surface area (TPSA) is 17.1 Å². The van der Waals surface area contributed by atoms with Crippen LogP contribution in [0.5, 0.6) is 0 Å². The molecule has 11 heavy (non-hydrogen) atoms. The molecular weight excluding hydrogens is 170 g/mol. The molecule has 0 radical (unpaired) electrons. The molecule has 1 nitrogen and oxygen atoms in total. The normalized spacial score (nSPS) is 11.6. The molecule has 0 saturated heterocycles. The minimum Gasteiger partial charge on any atom is -0.287 e. The lowest BCUT2D eigenvalue weighted by molar-refractivity contribution is -0.113. The van der Waals surface area contributed by atoms with Crippen LogP contribution in [0.2, 0.25) is 0 Å². The first-order valence-corrected chi connectivity index (χ1v) is 4.69. The van der Waals surface area contributed by atoms with Gasteiger partial charge in [-0.15, -0.1) is 0 Å². The van der Waals surface area contributed by atoms with Crippen molar-refractivity contribution in [1.82, 2.24) is 0 Å². The van der Waals surface area contributed by atoms with Gasteiger partial charge in [0.15, 0.2) is 5.12 Å². The molecule has 0 aliphatic rings. The van der Waals surface area contributed by atoms with Crippen molar-refractivity contribution in [3.63, 3.8) is 0 Å². The van der Waals surface area contributed by atoms with Crippen LogP contribution in [0.25, 0.3) is 0 Å². The smallest absolute Gasteiger partial charge is 0.248 e. The van der Waals surface area contributed by atoms with E-state index in [1.54, 1.807) is 6.26 Å². The average molecular weight is 182 g/mol. The predicted molar refractivity (Wildman–Crippen MR) is 43.0 cm³/mol. The summed E-state index contributed by atoms with van der Waals surface area (Å²) in [6.45, 7) is 1.42.